The van der Waals surface area contributed by atoms with Crippen molar-refractivity contribution in [1.82, 2.24) is 29.7 Å². The third-order valence-corrected chi connectivity index (χ3v) is 3.26. The van der Waals surface area contributed by atoms with E-state index in [4.69, 9.17) is 0 Å². The van der Waals surface area contributed by atoms with Gasteiger partial charge in [0, 0.05) is 24.2 Å². The van der Waals surface area contributed by atoms with Gasteiger partial charge in [0.25, 0.3) is 5.56 Å². The molecule has 0 saturated heterocycles. The van der Waals surface area contributed by atoms with Crippen molar-refractivity contribution in [3.05, 3.63) is 47.3 Å². The zero-order valence-electron chi connectivity index (χ0n) is 11.1. The number of nitrogens with zero attached hydrogens (tertiary/aromatic N) is 5. The van der Waals surface area contributed by atoms with Gasteiger partial charge >= 0.3 is 0 Å². The first-order chi connectivity index (χ1) is 10.2. The van der Waals surface area contributed by atoms with Crippen molar-refractivity contribution in [2.24, 2.45) is 7.05 Å². The van der Waals surface area contributed by atoms with Crippen LogP contribution in [0.5, 0.6) is 0 Å². The highest BCUT2D eigenvalue weighted by Gasteiger charge is 2.09. The minimum Gasteiger partial charge on any atom is -0.303 e. The fraction of sp³-hybridized carbons (Fsp3) is 0.0714. The molecule has 3 heterocycles. The van der Waals surface area contributed by atoms with Crippen molar-refractivity contribution in [2.75, 3.05) is 0 Å². The summed E-state index contributed by atoms with van der Waals surface area (Å²) in [6.07, 6.45) is 4.85. The smallest absolute Gasteiger partial charge is 0.276 e. The van der Waals surface area contributed by atoms with Crippen molar-refractivity contribution in [1.29, 1.82) is 0 Å². The third-order valence-electron chi connectivity index (χ3n) is 3.26. The lowest BCUT2D eigenvalue weighted by Crippen LogP contribution is -2.12. The van der Waals surface area contributed by atoms with Crippen molar-refractivity contribution < 1.29 is 0 Å². The summed E-state index contributed by atoms with van der Waals surface area (Å²) in [5.74, 6) is 0. The number of aryl methyl sites for hydroxylation is 1. The number of nitrogens with one attached hydrogen (secondary N) is 1. The van der Waals surface area contributed by atoms with Gasteiger partial charge in [0.1, 0.15) is 17.5 Å². The molecule has 7 heteroatoms. The molecule has 0 aliphatic heterocycles. The van der Waals surface area contributed by atoms with Gasteiger partial charge < -0.3 is 4.98 Å². The van der Waals surface area contributed by atoms with Crippen LogP contribution in [0.2, 0.25) is 0 Å². The summed E-state index contributed by atoms with van der Waals surface area (Å²) in [5, 5.41) is 5.27. The number of aromatic amines is 1. The van der Waals surface area contributed by atoms with Crippen LogP contribution in [0.3, 0.4) is 0 Å². The topological polar surface area (TPSA) is 89.4 Å². The molecule has 1 aromatic carbocycles. The lowest BCUT2D eigenvalue weighted by atomic mass is 10.1. The Labute approximate surface area is 118 Å². The third kappa shape index (κ3) is 1.86. The van der Waals surface area contributed by atoms with E-state index in [-0.39, 0.29) is 5.56 Å². The van der Waals surface area contributed by atoms with E-state index < -0.39 is 0 Å². The summed E-state index contributed by atoms with van der Waals surface area (Å²) in [5.41, 5.74) is 2.68. The molecule has 0 spiro atoms. The van der Waals surface area contributed by atoms with Crippen LogP contribution in [-0.4, -0.2) is 29.7 Å². The van der Waals surface area contributed by atoms with Gasteiger partial charge in [-0.2, -0.15) is 5.10 Å². The van der Waals surface area contributed by atoms with Gasteiger partial charge in [-0.3, -0.25) is 9.48 Å². The Bertz CT molecular complexity index is 1030. The van der Waals surface area contributed by atoms with Crippen LogP contribution in [0.15, 0.2) is 41.7 Å². The highest BCUT2D eigenvalue weighted by molar-refractivity contribution is 5.84. The molecule has 0 amide bonds. The Hall–Kier alpha value is -3.09. The lowest BCUT2D eigenvalue weighted by molar-refractivity contribution is 0.780. The maximum absolute atomic E-state index is 12.2. The van der Waals surface area contributed by atoms with E-state index in [1.165, 1.54) is 6.33 Å². The number of fused-ring (bicyclic) bond motifs is 2. The van der Waals surface area contributed by atoms with E-state index >= 15 is 0 Å². The van der Waals surface area contributed by atoms with Gasteiger partial charge in [-0.05, 0) is 12.1 Å². The molecule has 0 atom stereocenters. The zero-order chi connectivity index (χ0) is 14.4. The SMILES string of the molecule is Cn1cc2cc(-c3nc4cncnc4[nH]c3=O)ccc2n1. The van der Waals surface area contributed by atoms with Crippen LogP contribution < -0.4 is 5.56 Å². The van der Waals surface area contributed by atoms with Crippen molar-refractivity contribution in [2.45, 2.75) is 0 Å². The van der Waals surface area contributed by atoms with Crippen LogP contribution in [-0.2, 0) is 7.05 Å². The molecule has 0 aliphatic rings. The van der Waals surface area contributed by atoms with Gasteiger partial charge in [0.15, 0.2) is 5.65 Å². The second kappa shape index (κ2) is 4.20. The number of benzene rings is 1. The molecule has 7 nitrogen and oxygen atoms in total. The van der Waals surface area contributed by atoms with Gasteiger partial charge in [-0.1, -0.05) is 6.07 Å². The summed E-state index contributed by atoms with van der Waals surface area (Å²) in [7, 11) is 1.86. The summed E-state index contributed by atoms with van der Waals surface area (Å²) in [6, 6.07) is 5.61. The largest absolute Gasteiger partial charge is 0.303 e. The van der Waals surface area contributed by atoms with E-state index in [9.17, 15) is 4.79 Å². The van der Waals surface area contributed by atoms with E-state index in [1.54, 1.807) is 10.9 Å². The van der Waals surface area contributed by atoms with E-state index in [1.807, 2.05) is 31.4 Å². The molecule has 0 radical (unpaired) electrons. The highest BCUT2D eigenvalue weighted by atomic mass is 16.1. The lowest BCUT2D eigenvalue weighted by Gasteiger charge is -2.01. The predicted molar refractivity (Wildman–Crippen MR) is 77.7 cm³/mol. The molecule has 0 bridgehead atoms. The van der Waals surface area contributed by atoms with Crippen molar-refractivity contribution in [3.63, 3.8) is 0 Å². The Morgan fingerprint density at radius 2 is 2.14 bits per heavy atom. The molecule has 3 aromatic heterocycles. The van der Waals surface area contributed by atoms with Crippen LogP contribution in [0.1, 0.15) is 0 Å². The molecule has 0 aliphatic carbocycles. The number of aromatic nitrogens is 6. The Kier molecular flexibility index (Phi) is 2.34. The second-order valence-corrected chi connectivity index (χ2v) is 4.75. The maximum Gasteiger partial charge on any atom is 0.276 e. The Morgan fingerprint density at radius 1 is 1.24 bits per heavy atom. The average Bonchev–Trinajstić information content (AvgIpc) is 2.85. The van der Waals surface area contributed by atoms with Crippen molar-refractivity contribution >= 4 is 22.1 Å². The van der Waals surface area contributed by atoms with Gasteiger partial charge in [0.05, 0.1) is 11.7 Å². The first kappa shape index (κ1) is 11.7. The summed E-state index contributed by atoms with van der Waals surface area (Å²) >= 11 is 0. The number of hydrogen-bond donors (Lipinski definition) is 1. The normalized spacial score (nSPS) is 11.3. The first-order valence-electron chi connectivity index (χ1n) is 6.34. The van der Waals surface area contributed by atoms with E-state index in [0.29, 0.717) is 16.9 Å². The van der Waals surface area contributed by atoms with Gasteiger partial charge in [-0.15, -0.1) is 0 Å². The zero-order valence-corrected chi connectivity index (χ0v) is 11.1. The van der Waals surface area contributed by atoms with Gasteiger partial charge in [-0.25, -0.2) is 15.0 Å². The van der Waals surface area contributed by atoms with Crippen LogP contribution >= 0.6 is 0 Å². The number of hydrogen-bond acceptors (Lipinski definition) is 5. The molecular weight excluding hydrogens is 268 g/mol. The predicted octanol–water partition coefficient (Wildman–Crippen LogP) is 1.27. The Morgan fingerprint density at radius 3 is 3.05 bits per heavy atom. The Balaban J connectivity index is 1.98. The molecule has 0 unspecified atom stereocenters. The molecule has 102 valence electrons. The van der Waals surface area contributed by atoms with Crippen LogP contribution in [0.25, 0.3) is 33.3 Å². The molecule has 1 N–H and O–H groups in total. The monoisotopic (exact) mass is 278 g/mol. The first-order valence-corrected chi connectivity index (χ1v) is 6.34. The van der Waals surface area contributed by atoms with E-state index in [2.05, 4.69) is 25.0 Å². The summed E-state index contributed by atoms with van der Waals surface area (Å²) in [6.45, 7) is 0. The minimum atomic E-state index is -0.274. The molecular formula is C14H10N6O. The van der Waals surface area contributed by atoms with Gasteiger partial charge in [0.2, 0.25) is 0 Å². The highest BCUT2D eigenvalue weighted by Crippen LogP contribution is 2.20. The molecule has 4 rings (SSSR count). The summed E-state index contributed by atoms with van der Waals surface area (Å²) in [4.78, 5) is 27.2. The molecule has 21 heavy (non-hydrogen) atoms. The van der Waals surface area contributed by atoms with Crippen LogP contribution in [0, 0.1) is 0 Å². The number of rotatable bonds is 1. The minimum absolute atomic E-state index is 0.274. The molecule has 4 aromatic rings. The van der Waals surface area contributed by atoms with E-state index in [0.717, 1.165) is 16.5 Å². The van der Waals surface area contributed by atoms with Crippen molar-refractivity contribution in [3.8, 4) is 11.3 Å². The molecule has 0 fully saturated rings. The molecule has 0 saturated carbocycles. The number of H-pyrrole nitrogens is 1. The fourth-order valence-corrected chi connectivity index (χ4v) is 2.33. The van der Waals surface area contributed by atoms with Crippen LogP contribution in [0.4, 0.5) is 0 Å². The fourth-order valence-electron chi connectivity index (χ4n) is 2.33. The standard InChI is InChI=1S/C14H10N6O/c1-20-6-9-4-8(2-3-10(9)19-20)12-14(21)18-13-11(17-12)5-15-7-16-13/h2-7H,1H3,(H,15,16,18,21). The maximum atomic E-state index is 12.2. The quantitative estimate of drug-likeness (QED) is 0.566. The summed E-state index contributed by atoms with van der Waals surface area (Å²) < 4.78 is 1.74. The second-order valence-electron chi connectivity index (χ2n) is 4.75. The average molecular weight is 278 g/mol.